The number of aryl methyl sites for hydroxylation is 2. The average molecular weight is 345 g/mol. The number of methoxy groups -OCH3 is 1. The van der Waals surface area contributed by atoms with Crippen molar-refractivity contribution >= 4 is 28.3 Å². The Kier molecular flexibility index (Phi) is 4.35. The monoisotopic (exact) mass is 345 g/mol. The standard InChI is InChI=1S/C17H15NO5S/c1-9-16(13-8-24-10(2)18-13)17(20)12-5-4-11(6-14(12)23-9)22-7-15(19)21-3/h4-6,8H,7H2,1-3H3. The summed E-state index contributed by atoms with van der Waals surface area (Å²) in [5, 5.41) is 3.16. The van der Waals surface area contributed by atoms with Gasteiger partial charge in [-0.2, -0.15) is 0 Å². The maximum atomic E-state index is 12.8. The van der Waals surface area contributed by atoms with Gasteiger partial charge in [0.05, 0.1) is 28.8 Å². The summed E-state index contributed by atoms with van der Waals surface area (Å²) in [6.45, 7) is 3.41. The van der Waals surface area contributed by atoms with Gasteiger partial charge in [-0.3, -0.25) is 4.79 Å². The van der Waals surface area contributed by atoms with Gasteiger partial charge in [0.15, 0.2) is 6.61 Å². The second-order valence-electron chi connectivity index (χ2n) is 5.14. The summed E-state index contributed by atoms with van der Waals surface area (Å²) in [6, 6.07) is 4.83. The number of fused-ring (bicyclic) bond motifs is 1. The maximum Gasteiger partial charge on any atom is 0.343 e. The fourth-order valence-electron chi connectivity index (χ4n) is 2.35. The first kappa shape index (κ1) is 16.2. The van der Waals surface area contributed by atoms with E-state index in [4.69, 9.17) is 9.15 Å². The summed E-state index contributed by atoms with van der Waals surface area (Å²) in [5.74, 6) is 0.428. The van der Waals surface area contributed by atoms with E-state index >= 15 is 0 Å². The molecule has 0 bridgehead atoms. The van der Waals surface area contributed by atoms with Crippen LogP contribution in [0, 0.1) is 13.8 Å². The molecule has 6 nitrogen and oxygen atoms in total. The third-order valence-electron chi connectivity index (χ3n) is 3.50. The summed E-state index contributed by atoms with van der Waals surface area (Å²) < 4.78 is 15.6. The molecule has 0 aliphatic rings. The van der Waals surface area contributed by atoms with Crippen molar-refractivity contribution in [3.05, 3.63) is 44.6 Å². The summed E-state index contributed by atoms with van der Waals surface area (Å²) in [4.78, 5) is 28.3. The first-order valence-corrected chi connectivity index (χ1v) is 8.07. The van der Waals surface area contributed by atoms with E-state index in [0.717, 1.165) is 5.01 Å². The molecule has 0 unspecified atom stereocenters. The maximum absolute atomic E-state index is 12.8. The predicted molar refractivity (Wildman–Crippen MR) is 90.6 cm³/mol. The SMILES string of the molecule is COC(=O)COc1ccc2c(=O)c(-c3csc(C)n3)c(C)oc2c1. The van der Waals surface area contributed by atoms with E-state index in [2.05, 4.69) is 9.72 Å². The number of nitrogens with zero attached hydrogens (tertiary/aromatic N) is 1. The molecule has 0 atom stereocenters. The number of ether oxygens (including phenoxy) is 2. The van der Waals surface area contributed by atoms with Crippen LogP contribution in [0.1, 0.15) is 10.8 Å². The molecular formula is C17H15NO5S. The number of thiazole rings is 1. The van der Waals surface area contributed by atoms with Gasteiger partial charge in [-0.1, -0.05) is 0 Å². The van der Waals surface area contributed by atoms with Gasteiger partial charge in [-0.05, 0) is 26.0 Å². The molecule has 3 rings (SSSR count). The van der Waals surface area contributed by atoms with Crippen molar-refractivity contribution in [2.75, 3.05) is 13.7 Å². The van der Waals surface area contributed by atoms with Crippen molar-refractivity contribution in [1.29, 1.82) is 0 Å². The predicted octanol–water partition coefficient (Wildman–Crippen LogP) is 3.09. The molecule has 0 fully saturated rings. The molecule has 3 aromatic rings. The van der Waals surface area contributed by atoms with Gasteiger partial charge >= 0.3 is 5.97 Å². The van der Waals surface area contributed by atoms with Crippen LogP contribution in [-0.4, -0.2) is 24.7 Å². The Hall–Kier alpha value is -2.67. The molecule has 0 aliphatic carbocycles. The Morgan fingerprint density at radius 2 is 2.12 bits per heavy atom. The van der Waals surface area contributed by atoms with E-state index in [9.17, 15) is 9.59 Å². The third-order valence-corrected chi connectivity index (χ3v) is 4.27. The molecule has 0 amide bonds. The highest BCUT2D eigenvalue weighted by Crippen LogP contribution is 2.27. The fourth-order valence-corrected chi connectivity index (χ4v) is 2.95. The van der Waals surface area contributed by atoms with Crippen LogP contribution in [-0.2, 0) is 9.53 Å². The first-order valence-electron chi connectivity index (χ1n) is 7.19. The van der Waals surface area contributed by atoms with Gasteiger partial charge in [0.1, 0.15) is 17.1 Å². The van der Waals surface area contributed by atoms with Crippen LogP contribution in [0.2, 0.25) is 0 Å². The molecule has 124 valence electrons. The minimum absolute atomic E-state index is 0.140. The van der Waals surface area contributed by atoms with Gasteiger partial charge < -0.3 is 13.9 Å². The number of rotatable bonds is 4. The molecule has 0 N–H and O–H groups in total. The van der Waals surface area contributed by atoms with Crippen molar-refractivity contribution in [1.82, 2.24) is 4.98 Å². The normalized spacial score (nSPS) is 10.8. The minimum atomic E-state index is -0.484. The van der Waals surface area contributed by atoms with Gasteiger partial charge in [0, 0.05) is 11.4 Å². The fraction of sp³-hybridized carbons (Fsp3) is 0.235. The largest absolute Gasteiger partial charge is 0.482 e. The zero-order valence-electron chi connectivity index (χ0n) is 13.4. The van der Waals surface area contributed by atoms with E-state index in [1.165, 1.54) is 18.4 Å². The quantitative estimate of drug-likeness (QED) is 0.676. The van der Waals surface area contributed by atoms with Crippen molar-refractivity contribution < 1.29 is 18.7 Å². The van der Waals surface area contributed by atoms with Crippen LogP contribution in [0.5, 0.6) is 5.75 Å². The molecule has 24 heavy (non-hydrogen) atoms. The molecule has 0 aliphatic heterocycles. The Morgan fingerprint density at radius 1 is 1.33 bits per heavy atom. The lowest BCUT2D eigenvalue weighted by molar-refractivity contribution is -0.142. The lowest BCUT2D eigenvalue weighted by Crippen LogP contribution is -2.12. The molecular weight excluding hydrogens is 330 g/mol. The van der Waals surface area contributed by atoms with E-state index in [-0.39, 0.29) is 12.0 Å². The number of benzene rings is 1. The van der Waals surface area contributed by atoms with Crippen molar-refractivity contribution in [3.63, 3.8) is 0 Å². The number of aromatic nitrogens is 1. The number of hydrogen-bond acceptors (Lipinski definition) is 7. The summed E-state index contributed by atoms with van der Waals surface area (Å²) in [7, 11) is 1.29. The summed E-state index contributed by atoms with van der Waals surface area (Å²) in [5.41, 5.74) is 1.35. The van der Waals surface area contributed by atoms with Crippen LogP contribution in [0.3, 0.4) is 0 Å². The Bertz CT molecular complexity index is 973. The highest BCUT2D eigenvalue weighted by molar-refractivity contribution is 7.09. The topological polar surface area (TPSA) is 78.6 Å². The van der Waals surface area contributed by atoms with Gasteiger partial charge in [-0.25, -0.2) is 9.78 Å². The van der Waals surface area contributed by atoms with Gasteiger partial charge in [0.25, 0.3) is 0 Å². The van der Waals surface area contributed by atoms with Crippen LogP contribution < -0.4 is 10.2 Å². The van der Waals surface area contributed by atoms with Gasteiger partial charge in [0.2, 0.25) is 5.43 Å². The third kappa shape index (κ3) is 3.03. The lowest BCUT2D eigenvalue weighted by atomic mass is 10.1. The number of hydrogen-bond donors (Lipinski definition) is 0. The smallest absolute Gasteiger partial charge is 0.343 e. The highest BCUT2D eigenvalue weighted by Gasteiger charge is 2.16. The highest BCUT2D eigenvalue weighted by atomic mass is 32.1. The van der Waals surface area contributed by atoms with Crippen LogP contribution in [0.15, 0.2) is 32.8 Å². The Balaban J connectivity index is 2.04. The van der Waals surface area contributed by atoms with E-state index in [0.29, 0.717) is 33.7 Å². The lowest BCUT2D eigenvalue weighted by Gasteiger charge is -2.08. The minimum Gasteiger partial charge on any atom is -0.482 e. The summed E-state index contributed by atoms with van der Waals surface area (Å²) >= 11 is 1.48. The number of carbonyl (C=O) groups is 1. The van der Waals surface area contributed by atoms with Gasteiger partial charge in [-0.15, -0.1) is 11.3 Å². The molecule has 7 heteroatoms. The number of carbonyl (C=O) groups excluding carboxylic acids is 1. The zero-order chi connectivity index (χ0) is 17.3. The van der Waals surface area contributed by atoms with E-state index in [1.54, 1.807) is 25.1 Å². The van der Waals surface area contributed by atoms with Crippen LogP contribution in [0.25, 0.3) is 22.2 Å². The van der Waals surface area contributed by atoms with Crippen LogP contribution >= 0.6 is 11.3 Å². The molecule has 0 spiro atoms. The molecule has 0 saturated carbocycles. The molecule has 0 saturated heterocycles. The molecule has 1 aromatic carbocycles. The first-order chi connectivity index (χ1) is 11.5. The average Bonchev–Trinajstić information content (AvgIpc) is 2.98. The molecule has 0 radical (unpaired) electrons. The van der Waals surface area contributed by atoms with E-state index < -0.39 is 5.97 Å². The summed E-state index contributed by atoms with van der Waals surface area (Å²) in [6.07, 6.45) is 0. The second kappa shape index (κ2) is 6.45. The Labute approximate surface area is 141 Å². The zero-order valence-corrected chi connectivity index (χ0v) is 14.2. The van der Waals surface area contributed by atoms with E-state index in [1.807, 2.05) is 12.3 Å². The Morgan fingerprint density at radius 3 is 2.79 bits per heavy atom. The molecule has 2 aromatic heterocycles. The van der Waals surface area contributed by atoms with Crippen LogP contribution in [0.4, 0.5) is 0 Å². The second-order valence-corrected chi connectivity index (χ2v) is 6.20. The van der Waals surface area contributed by atoms with Crippen molar-refractivity contribution in [3.8, 4) is 17.0 Å². The number of esters is 1. The van der Waals surface area contributed by atoms with Crippen molar-refractivity contribution in [2.45, 2.75) is 13.8 Å². The van der Waals surface area contributed by atoms with Crippen molar-refractivity contribution in [2.24, 2.45) is 0 Å². The molecule has 2 heterocycles.